The van der Waals surface area contributed by atoms with Crippen molar-refractivity contribution >= 4 is 0 Å². The van der Waals surface area contributed by atoms with Gasteiger partial charge in [0.25, 0.3) is 0 Å². The molecule has 1 aromatic carbocycles. The molecule has 0 radical (unpaired) electrons. The van der Waals surface area contributed by atoms with Crippen molar-refractivity contribution in [3.8, 4) is 11.5 Å². The molecule has 1 aromatic heterocycles. The van der Waals surface area contributed by atoms with Gasteiger partial charge in [-0.15, -0.1) is 0 Å². The largest absolute Gasteiger partial charge is 0.493 e. The maximum atomic E-state index is 5.49. The molecule has 0 fully saturated rings. The van der Waals surface area contributed by atoms with Crippen LogP contribution in [0.4, 0.5) is 0 Å². The Kier molecular flexibility index (Phi) is 2.70. The Hall–Kier alpha value is -1.97. The van der Waals surface area contributed by atoms with Crippen molar-refractivity contribution in [1.29, 1.82) is 0 Å². The minimum absolute atomic E-state index is 0.367. The predicted molar refractivity (Wildman–Crippen MR) is 68.3 cm³/mol. The van der Waals surface area contributed by atoms with E-state index >= 15 is 0 Å². The number of nitrogens with zero attached hydrogens (tertiary/aromatic N) is 1. The van der Waals surface area contributed by atoms with Crippen LogP contribution in [0.25, 0.3) is 0 Å². The second-order valence-electron chi connectivity index (χ2n) is 4.45. The van der Waals surface area contributed by atoms with Gasteiger partial charge in [-0.05, 0) is 24.5 Å². The molecule has 0 aliphatic heterocycles. The average molecular weight is 244 g/mol. The Morgan fingerprint density at radius 2 is 2.17 bits per heavy atom. The zero-order valence-corrected chi connectivity index (χ0v) is 10.6. The van der Waals surface area contributed by atoms with Crippen molar-refractivity contribution in [3.05, 3.63) is 41.5 Å². The molecule has 1 aliphatic rings. The van der Waals surface area contributed by atoms with E-state index in [1.165, 1.54) is 11.1 Å². The van der Waals surface area contributed by atoms with Crippen molar-refractivity contribution in [3.63, 3.8) is 0 Å². The fourth-order valence-electron chi connectivity index (χ4n) is 2.80. The predicted octanol–water partition coefficient (Wildman–Crippen LogP) is 2.50. The van der Waals surface area contributed by atoms with E-state index in [1.807, 2.05) is 12.3 Å². The van der Waals surface area contributed by atoms with Crippen LogP contribution in [0.2, 0.25) is 0 Å². The SMILES string of the molecule is COc1ccc2c(c1OC)CCC2c1c[nH]cn1. The van der Waals surface area contributed by atoms with Gasteiger partial charge in [0.15, 0.2) is 11.5 Å². The third-order valence-electron chi connectivity index (χ3n) is 3.62. The number of nitrogens with one attached hydrogen (secondary N) is 1. The fraction of sp³-hybridized carbons (Fsp3) is 0.357. The van der Waals surface area contributed by atoms with Crippen LogP contribution in [0, 0.1) is 0 Å². The Labute approximate surface area is 106 Å². The van der Waals surface area contributed by atoms with Crippen LogP contribution in [-0.2, 0) is 6.42 Å². The lowest BCUT2D eigenvalue weighted by atomic mass is 9.98. The Bertz CT molecular complexity index is 549. The number of fused-ring (bicyclic) bond motifs is 1. The number of imidazole rings is 1. The summed E-state index contributed by atoms with van der Waals surface area (Å²) in [7, 11) is 3.37. The molecule has 0 spiro atoms. The van der Waals surface area contributed by atoms with E-state index in [4.69, 9.17) is 9.47 Å². The van der Waals surface area contributed by atoms with E-state index in [0.717, 1.165) is 30.0 Å². The first-order valence-electron chi connectivity index (χ1n) is 6.07. The Morgan fingerprint density at radius 1 is 1.28 bits per heavy atom. The molecule has 4 nitrogen and oxygen atoms in total. The highest BCUT2D eigenvalue weighted by Crippen LogP contribution is 2.45. The van der Waals surface area contributed by atoms with E-state index in [0.29, 0.717) is 5.92 Å². The molecule has 3 rings (SSSR count). The van der Waals surface area contributed by atoms with Gasteiger partial charge in [-0.2, -0.15) is 0 Å². The molecule has 1 aliphatic carbocycles. The van der Waals surface area contributed by atoms with E-state index in [1.54, 1.807) is 20.5 Å². The van der Waals surface area contributed by atoms with Crippen molar-refractivity contribution < 1.29 is 9.47 Å². The molecule has 1 unspecified atom stereocenters. The zero-order valence-electron chi connectivity index (χ0n) is 10.6. The summed E-state index contributed by atoms with van der Waals surface area (Å²) >= 11 is 0. The summed E-state index contributed by atoms with van der Waals surface area (Å²) in [4.78, 5) is 7.39. The van der Waals surface area contributed by atoms with Crippen LogP contribution in [0.15, 0.2) is 24.7 Å². The third kappa shape index (κ3) is 1.56. The minimum Gasteiger partial charge on any atom is -0.493 e. The number of ether oxygens (including phenoxy) is 2. The van der Waals surface area contributed by atoms with Crippen LogP contribution in [0.5, 0.6) is 11.5 Å². The number of benzene rings is 1. The topological polar surface area (TPSA) is 47.1 Å². The van der Waals surface area contributed by atoms with Gasteiger partial charge in [0, 0.05) is 17.7 Å². The first-order chi connectivity index (χ1) is 8.85. The lowest BCUT2D eigenvalue weighted by Crippen LogP contribution is -1.98. The molecule has 1 N–H and O–H groups in total. The number of methoxy groups -OCH3 is 2. The number of hydrogen-bond acceptors (Lipinski definition) is 3. The van der Waals surface area contributed by atoms with Gasteiger partial charge in [0.05, 0.1) is 26.2 Å². The highest BCUT2D eigenvalue weighted by molar-refractivity contribution is 5.55. The smallest absolute Gasteiger partial charge is 0.164 e. The monoisotopic (exact) mass is 244 g/mol. The highest BCUT2D eigenvalue weighted by atomic mass is 16.5. The molecule has 94 valence electrons. The molecule has 0 saturated heterocycles. The number of rotatable bonds is 3. The van der Waals surface area contributed by atoms with Crippen LogP contribution in [-0.4, -0.2) is 24.2 Å². The van der Waals surface area contributed by atoms with Gasteiger partial charge >= 0.3 is 0 Å². The van der Waals surface area contributed by atoms with Crippen molar-refractivity contribution in [2.24, 2.45) is 0 Å². The summed E-state index contributed by atoms with van der Waals surface area (Å²) in [6, 6.07) is 4.10. The van der Waals surface area contributed by atoms with Gasteiger partial charge in [-0.25, -0.2) is 4.98 Å². The zero-order chi connectivity index (χ0) is 12.5. The van der Waals surface area contributed by atoms with Crippen LogP contribution in [0.1, 0.15) is 29.2 Å². The Morgan fingerprint density at radius 3 is 2.83 bits per heavy atom. The summed E-state index contributed by atoms with van der Waals surface area (Å²) in [5, 5.41) is 0. The highest BCUT2D eigenvalue weighted by Gasteiger charge is 2.29. The molecule has 2 aromatic rings. The van der Waals surface area contributed by atoms with Gasteiger partial charge in [-0.3, -0.25) is 0 Å². The maximum Gasteiger partial charge on any atom is 0.164 e. The molecule has 0 amide bonds. The van der Waals surface area contributed by atoms with Crippen LogP contribution < -0.4 is 9.47 Å². The molecular formula is C14H16N2O2. The third-order valence-corrected chi connectivity index (χ3v) is 3.62. The van der Waals surface area contributed by atoms with E-state index in [2.05, 4.69) is 16.0 Å². The number of hydrogen-bond donors (Lipinski definition) is 1. The molecule has 1 heterocycles. The standard InChI is InChI=1S/C14H16N2O2/c1-17-13-6-5-9-10(12-7-15-8-16-12)3-4-11(9)14(13)18-2/h5-8,10H,3-4H2,1-2H3,(H,15,16). The van der Waals surface area contributed by atoms with Crippen molar-refractivity contribution in [2.45, 2.75) is 18.8 Å². The van der Waals surface area contributed by atoms with E-state index in [9.17, 15) is 0 Å². The fourth-order valence-corrected chi connectivity index (χ4v) is 2.80. The second-order valence-corrected chi connectivity index (χ2v) is 4.45. The van der Waals surface area contributed by atoms with Crippen LogP contribution >= 0.6 is 0 Å². The normalized spacial score (nSPS) is 17.6. The molecule has 0 bridgehead atoms. The lowest BCUT2D eigenvalue weighted by molar-refractivity contribution is 0.352. The van der Waals surface area contributed by atoms with Gasteiger partial charge < -0.3 is 14.5 Å². The van der Waals surface area contributed by atoms with Crippen molar-refractivity contribution in [2.75, 3.05) is 14.2 Å². The summed E-state index contributed by atoms with van der Waals surface area (Å²) in [5.74, 6) is 2.04. The second kappa shape index (κ2) is 4.37. The van der Waals surface area contributed by atoms with Gasteiger partial charge in [-0.1, -0.05) is 6.07 Å². The summed E-state index contributed by atoms with van der Waals surface area (Å²) < 4.78 is 10.8. The molecule has 1 atom stereocenters. The average Bonchev–Trinajstić information content (AvgIpc) is 3.05. The van der Waals surface area contributed by atoms with E-state index < -0.39 is 0 Å². The van der Waals surface area contributed by atoms with Gasteiger partial charge in [0.1, 0.15) is 0 Å². The van der Waals surface area contributed by atoms with Gasteiger partial charge in [0.2, 0.25) is 0 Å². The summed E-state index contributed by atoms with van der Waals surface area (Å²) in [5.41, 5.74) is 3.66. The van der Waals surface area contributed by atoms with Crippen LogP contribution in [0.3, 0.4) is 0 Å². The first kappa shape index (κ1) is 11.1. The molecular weight excluding hydrogens is 228 g/mol. The van der Waals surface area contributed by atoms with E-state index in [-0.39, 0.29) is 0 Å². The molecule has 18 heavy (non-hydrogen) atoms. The summed E-state index contributed by atoms with van der Waals surface area (Å²) in [6.45, 7) is 0. The molecule has 4 heteroatoms. The summed E-state index contributed by atoms with van der Waals surface area (Å²) in [6.07, 6.45) is 5.78. The Balaban J connectivity index is 2.08. The minimum atomic E-state index is 0.367. The quantitative estimate of drug-likeness (QED) is 0.902. The maximum absolute atomic E-state index is 5.49. The number of H-pyrrole nitrogens is 1. The van der Waals surface area contributed by atoms with Crippen molar-refractivity contribution in [1.82, 2.24) is 9.97 Å². The lowest BCUT2D eigenvalue weighted by Gasteiger charge is -2.13. The number of aromatic amines is 1. The molecule has 0 saturated carbocycles. The number of aromatic nitrogens is 2. The first-order valence-corrected chi connectivity index (χ1v) is 6.07.